The van der Waals surface area contributed by atoms with E-state index in [4.69, 9.17) is 5.11 Å². The molecule has 1 aromatic rings. The van der Waals surface area contributed by atoms with E-state index in [1.165, 1.54) is 11.8 Å². The molecule has 6 heteroatoms. The number of aliphatic hydroxyl groups excluding tert-OH is 1. The zero-order valence-electron chi connectivity index (χ0n) is 10.8. The summed E-state index contributed by atoms with van der Waals surface area (Å²) in [6.45, 7) is 1.70. The van der Waals surface area contributed by atoms with Gasteiger partial charge in [-0.05, 0) is 31.4 Å². The number of carbonyl (C=O) groups is 1. The standard InChI is InChI=1S/C13H17F2NO2S/c1-8(12(7-17)19-2)16-13(18)6-9-5-10(14)3-4-11(9)15/h3-5,8,12,17H,6-7H2,1-2H3,(H,16,18). The molecule has 0 aliphatic heterocycles. The van der Waals surface area contributed by atoms with Crippen molar-refractivity contribution < 1.29 is 18.7 Å². The molecule has 0 fully saturated rings. The largest absolute Gasteiger partial charge is 0.395 e. The van der Waals surface area contributed by atoms with Gasteiger partial charge < -0.3 is 10.4 Å². The van der Waals surface area contributed by atoms with Crippen LogP contribution in [0.25, 0.3) is 0 Å². The Bertz CT molecular complexity index is 439. The number of hydrogen-bond donors (Lipinski definition) is 2. The van der Waals surface area contributed by atoms with Crippen LogP contribution in [0.3, 0.4) is 0 Å². The Morgan fingerprint density at radius 1 is 1.47 bits per heavy atom. The highest BCUT2D eigenvalue weighted by Gasteiger charge is 2.18. The number of benzene rings is 1. The molecule has 19 heavy (non-hydrogen) atoms. The number of rotatable bonds is 6. The summed E-state index contributed by atoms with van der Waals surface area (Å²) >= 11 is 1.43. The van der Waals surface area contributed by atoms with E-state index in [2.05, 4.69) is 5.32 Å². The summed E-state index contributed by atoms with van der Waals surface area (Å²) in [4.78, 5) is 11.7. The van der Waals surface area contributed by atoms with Crippen molar-refractivity contribution in [3.8, 4) is 0 Å². The molecule has 0 spiro atoms. The number of nitrogens with one attached hydrogen (secondary N) is 1. The molecule has 0 aliphatic rings. The van der Waals surface area contributed by atoms with Crippen LogP contribution < -0.4 is 5.32 Å². The van der Waals surface area contributed by atoms with Crippen LogP contribution in [-0.4, -0.2) is 35.2 Å². The van der Waals surface area contributed by atoms with E-state index in [9.17, 15) is 13.6 Å². The molecule has 1 aromatic carbocycles. The number of hydrogen-bond acceptors (Lipinski definition) is 3. The number of halogens is 2. The zero-order chi connectivity index (χ0) is 14.4. The summed E-state index contributed by atoms with van der Waals surface area (Å²) in [7, 11) is 0. The van der Waals surface area contributed by atoms with Crippen LogP contribution in [0, 0.1) is 11.6 Å². The van der Waals surface area contributed by atoms with Crippen molar-refractivity contribution in [3.05, 3.63) is 35.4 Å². The third-order valence-electron chi connectivity index (χ3n) is 2.79. The molecule has 106 valence electrons. The van der Waals surface area contributed by atoms with Crippen LogP contribution in [0.1, 0.15) is 12.5 Å². The van der Waals surface area contributed by atoms with Crippen LogP contribution >= 0.6 is 11.8 Å². The molecule has 2 unspecified atom stereocenters. The Balaban J connectivity index is 2.62. The number of carbonyl (C=O) groups excluding carboxylic acids is 1. The van der Waals surface area contributed by atoms with Crippen molar-refractivity contribution in [2.75, 3.05) is 12.9 Å². The normalized spacial score (nSPS) is 13.9. The fraction of sp³-hybridized carbons (Fsp3) is 0.462. The van der Waals surface area contributed by atoms with E-state index in [1.54, 1.807) is 6.92 Å². The molecule has 1 amide bonds. The highest BCUT2D eigenvalue weighted by Crippen LogP contribution is 2.12. The lowest BCUT2D eigenvalue weighted by atomic mass is 10.1. The topological polar surface area (TPSA) is 49.3 Å². The van der Waals surface area contributed by atoms with Crippen molar-refractivity contribution in [1.82, 2.24) is 5.32 Å². The molecule has 0 aromatic heterocycles. The number of aliphatic hydroxyl groups is 1. The molecule has 2 atom stereocenters. The molecule has 0 saturated heterocycles. The molecule has 0 heterocycles. The predicted octanol–water partition coefficient (Wildman–Crippen LogP) is 1.74. The summed E-state index contributed by atoms with van der Waals surface area (Å²) in [5, 5.41) is 11.6. The first kappa shape index (κ1) is 15.9. The van der Waals surface area contributed by atoms with Crippen LogP contribution in [0.5, 0.6) is 0 Å². The van der Waals surface area contributed by atoms with Gasteiger partial charge in [0, 0.05) is 16.9 Å². The maximum Gasteiger partial charge on any atom is 0.224 e. The summed E-state index contributed by atoms with van der Waals surface area (Å²) in [6.07, 6.45) is 1.61. The summed E-state index contributed by atoms with van der Waals surface area (Å²) in [6, 6.07) is 2.77. The van der Waals surface area contributed by atoms with Crippen LogP contribution in [-0.2, 0) is 11.2 Å². The second-order valence-electron chi connectivity index (χ2n) is 4.23. The number of thioether (sulfide) groups is 1. The van der Waals surface area contributed by atoms with Crippen LogP contribution in [0.2, 0.25) is 0 Å². The van der Waals surface area contributed by atoms with Crippen LogP contribution in [0.15, 0.2) is 18.2 Å². The van der Waals surface area contributed by atoms with Gasteiger partial charge in [-0.25, -0.2) is 8.78 Å². The fourth-order valence-corrected chi connectivity index (χ4v) is 2.31. The van der Waals surface area contributed by atoms with Gasteiger partial charge in [-0.2, -0.15) is 11.8 Å². The maximum atomic E-state index is 13.4. The van der Waals surface area contributed by atoms with Crippen molar-refractivity contribution in [2.24, 2.45) is 0 Å². The molecule has 0 radical (unpaired) electrons. The quantitative estimate of drug-likeness (QED) is 0.838. The van der Waals surface area contributed by atoms with Crippen LogP contribution in [0.4, 0.5) is 8.78 Å². The average molecular weight is 289 g/mol. The third kappa shape index (κ3) is 4.80. The Kier molecular flexibility index (Phi) is 6.24. The van der Waals surface area contributed by atoms with Gasteiger partial charge in [0.2, 0.25) is 5.91 Å². The third-order valence-corrected chi connectivity index (χ3v) is 3.95. The zero-order valence-corrected chi connectivity index (χ0v) is 11.6. The van der Waals surface area contributed by atoms with Gasteiger partial charge in [-0.15, -0.1) is 0 Å². The molecule has 2 N–H and O–H groups in total. The highest BCUT2D eigenvalue weighted by atomic mass is 32.2. The number of amides is 1. The molecule has 0 saturated carbocycles. The van der Waals surface area contributed by atoms with Gasteiger partial charge in [0.1, 0.15) is 11.6 Å². The van der Waals surface area contributed by atoms with Crippen molar-refractivity contribution in [3.63, 3.8) is 0 Å². The molecule has 0 aliphatic carbocycles. The Morgan fingerprint density at radius 2 is 2.16 bits per heavy atom. The van der Waals surface area contributed by atoms with Crippen molar-refractivity contribution in [2.45, 2.75) is 24.6 Å². The van der Waals surface area contributed by atoms with E-state index in [0.717, 1.165) is 18.2 Å². The second-order valence-corrected chi connectivity index (χ2v) is 5.30. The Hall–Kier alpha value is -1.14. The molecular formula is C13H17F2NO2S. The highest BCUT2D eigenvalue weighted by molar-refractivity contribution is 7.99. The van der Waals surface area contributed by atoms with Gasteiger partial charge in [0.25, 0.3) is 0 Å². The SMILES string of the molecule is CSC(CO)C(C)NC(=O)Cc1cc(F)ccc1F. The van der Waals surface area contributed by atoms with E-state index >= 15 is 0 Å². The van der Waals surface area contributed by atoms with Gasteiger partial charge in [0.15, 0.2) is 0 Å². The minimum absolute atomic E-state index is 0.0226. The monoisotopic (exact) mass is 289 g/mol. The lowest BCUT2D eigenvalue weighted by Gasteiger charge is -2.21. The van der Waals surface area contributed by atoms with Gasteiger partial charge in [0.05, 0.1) is 13.0 Å². The summed E-state index contributed by atoms with van der Waals surface area (Å²) in [5.41, 5.74) is 0.0226. The second kappa shape index (κ2) is 7.45. The Labute approximate surface area is 115 Å². The molecule has 1 rings (SSSR count). The average Bonchev–Trinajstić information content (AvgIpc) is 2.35. The molecular weight excluding hydrogens is 272 g/mol. The molecule has 3 nitrogen and oxygen atoms in total. The molecule has 0 bridgehead atoms. The van der Waals surface area contributed by atoms with Crippen molar-refractivity contribution in [1.29, 1.82) is 0 Å². The first-order chi connectivity index (χ1) is 8.97. The maximum absolute atomic E-state index is 13.4. The first-order valence-electron chi connectivity index (χ1n) is 5.85. The first-order valence-corrected chi connectivity index (χ1v) is 7.13. The summed E-state index contributed by atoms with van der Waals surface area (Å²) in [5.74, 6) is -1.58. The van der Waals surface area contributed by atoms with Crippen molar-refractivity contribution >= 4 is 17.7 Å². The van der Waals surface area contributed by atoms with E-state index in [1.807, 2.05) is 6.26 Å². The minimum atomic E-state index is -0.604. The van der Waals surface area contributed by atoms with Gasteiger partial charge in [-0.1, -0.05) is 0 Å². The predicted molar refractivity (Wildman–Crippen MR) is 72.1 cm³/mol. The Morgan fingerprint density at radius 3 is 2.74 bits per heavy atom. The van der Waals surface area contributed by atoms with E-state index < -0.39 is 17.5 Å². The smallest absolute Gasteiger partial charge is 0.224 e. The fourth-order valence-electron chi connectivity index (χ4n) is 1.69. The lowest BCUT2D eigenvalue weighted by Crippen LogP contribution is -2.42. The van der Waals surface area contributed by atoms with E-state index in [0.29, 0.717) is 0 Å². The minimum Gasteiger partial charge on any atom is -0.395 e. The summed E-state index contributed by atoms with van der Waals surface area (Å²) < 4.78 is 26.3. The van der Waals surface area contributed by atoms with E-state index in [-0.39, 0.29) is 29.9 Å². The lowest BCUT2D eigenvalue weighted by molar-refractivity contribution is -0.121. The van der Waals surface area contributed by atoms with Gasteiger partial charge >= 0.3 is 0 Å². The van der Waals surface area contributed by atoms with Gasteiger partial charge in [-0.3, -0.25) is 4.79 Å².